The molecule has 0 saturated carbocycles. The molecular formula is C11H7BrCl2N2O2S. The average molecular weight is 382 g/mol. The molecule has 0 aliphatic carbocycles. The zero-order valence-corrected chi connectivity index (χ0v) is 13.2. The van der Waals surface area contributed by atoms with Crippen molar-refractivity contribution in [1.29, 1.82) is 0 Å². The van der Waals surface area contributed by atoms with Crippen LogP contribution in [0.1, 0.15) is 0 Å². The smallest absolute Gasteiger partial charge is 0.263 e. The Balaban J connectivity index is 2.38. The molecule has 0 bridgehead atoms. The van der Waals surface area contributed by atoms with E-state index in [4.69, 9.17) is 23.2 Å². The summed E-state index contributed by atoms with van der Waals surface area (Å²) in [5.41, 5.74) is 0.425. The normalized spacial score (nSPS) is 11.3. The number of anilines is 1. The lowest BCUT2D eigenvalue weighted by Gasteiger charge is -2.09. The summed E-state index contributed by atoms with van der Waals surface area (Å²) >= 11 is 14.7. The molecular weight excluding hydrogens is 375 g/mol. The van der Waals surface area contributed by atoms with E-state index in [-0.39, 0.29) is 15.1 Å². The third kappa shape index (κ3) is 3.39. The van der Waals surface area contributed by atoms with E-state index in [0.717, 1.165) is 6.20 Å². The standard InChI is InChI=1S/C11H7BrCl2N2O2S/c12-8-3-1-2-4-10(8)16-19(17,18)7-5-9(13)11(14)15-6-7/h1-6,16H. The topological polar surface area (TPSA) is 59.1 Å². The fraction of sp³-hybridized carbons (Fsp3) is 0. The van der Waals surface area contributed by atoms with Gasteiger partial charge in [-0.3, -0.25) is 4.72 Å². The van der Waals surface area contributed by atoms with Crippen molar-refractivity contribution in [3.05, 3.63) is 51.2 Å². The molecule has 0 saturated heterocycles. The second-order valence-corrected chi connectivity index (χ2v) is 6.83. The maximum Gasteiger partial charge on any atom is 0.263 e. The molecule has 0 aliphatic rings. The van der Waals surface area contributed by atoms with Crippen LogP contribution in [-0.4, -0.2) is 13.4 Å². The van der Waals surface area contributed by atoms with Gasteiger partial charge >= 0.3 is 0 Å². The second kappa shape index (κ2) is 5.66. The first kappa shape index (κ1) is 14.6. The molecule has 4 nitrogen and oxygen atoms in total. The van der Waals surface area contributed by atoms with Crippen LogP contribution < -0.4 is 4.72 Å². The number of pyridine rings is 1. The number of benzene rings is 1. The first-order valence-electron chi connectivity index (χ1n) is 4.98. The van der Waals surface area contributed by atoms with Gasteiger partial charge in [-0.15, -0.1) is 0 Å². The van der Waals surface area contributed by atoms with Crippen molar-refractivity contribution in [3.8, 4) is 0 Å². The molecule has 19 heavy (non-hydrogen) atoms. The van der Waals surface area contributed by atoms with Crippen LogP contribution >= 0.6 is 39.1 Å². The summed E-state index contributed by atoms with van der Waals surface area (Å²) in [6, 6.07) is 8.10. The molecule has 2 rings (SSSR count). The molecule has 1 heterocycles. The van der Waals surface area contributed by atoms with E-state index < -0.39 is 10.0 Å². The van der Waals surface area contributed by atoms with Gasteiger partial charge in [0.2, 0.25) is 0 Å². The Morgan fingerprint density at radius 3 is 2.53 bits per heavy atom. The number of hydrogen-bond acceptors (Lipinski definition) is 3. The van der Waals surface area contributed by atoms with E-state index in [9.17, 15) is 8.42 Å². The van der Waals surface area contributed by atoms with Crippen LogP contribution in [0.25, 0.3) is 0 Å². The fourth-order valence-electron chi connectivity index (χ4n) is 1.30. The Morgan fingerprint density at radius 1 is 1.21 bits per heavy atom. The number of nitrogens with one attached hydrogen (secondary N) is 1. The predicted molar refractivity (Wildman–Crippen MR) is 79.2 cm³/mol. The van der Waals surface area contributed by atoms with E-state index in [1.807, 2.05) is 0 Å². The molecule has 0 aliphatic heterocycles. The van der Waals surface area contributed by atoms with Gasteiger partial charge in [0.1, 0.15) is 10.0 Å². The first-order valence-corrected chi connectivity index (χ1v) is 8.02. The lowest BCUT2D eigenvalue weighted by Crippen LogP contribution is -2.13. The highest BCUT2D eigenvalue weighted by atomic mass is 79.9. The first-order chi connectivity index (χ1) is 8.90. The van der Waals surface area contributed by atoms with Crippen molar-refractivity contribution < 1.29 is 8.42 Å². The Hall–Kier alpha value is -0.820. The average Bonchev–Trinajstić information content (AvgIpc) is 2.35. The van der Waals surface area contributed by atoms with E-state index in [2.05, 4.69) is 25.6 Å². The van der Waals surface area contributed by atoms with Crippen molar-refractivity contribution in [2.24, 2.45) is 0 Å². The molecule has 1 aromatic heterocycles. The van der Waals surface area contributed by atoms with Gasteiger partial charge in [0, 0.05) is 10.7 Å². The van der Waals surface area contributed by atoms with Crippen LogP contribution in [0.3, 0.4) is 0 Å². The van der Waals surface area contributed by atoms with Crippen molar-refractivity contribution >= 4 is 54.8 Å². The van der Waals surface area contributed by atoms with Crippen molar-refractivity contribution in [1.82, 2.24) is 4.98 Å². The highest BCUT2D eigenvalue weighted by Crippen LogP contribution is 2.26. The zero-order valence-electron chi connectivity index (χ0n) is 9.27. The monoisotopic (exact) mass is 380 g/mol. The van der Waals surface area contributed by atoms with E-state index in [0.29, 0.717) is 10.2 Å². The van der Waals surface area contributed by atoms with Crippen LogP contribution in [-0.2, 0) is 10.0 Å². The quantitative estimate of drug-likeness (QED) is 0.818. The largest absolute Gasteiger partial charge is 0.278 e. The maximum atomic E-state index is 12.1. The maximum absolute atomic E-state index is 12.1. The number of aromatic nitrogens is 1. The molecule has 100 valence electrons. The van der Waals surface area contributed by atoms with Gasteiger partial charge in [-0.25, -0.2) is 13.4 Å². The Kier molecular flexibility index (Phi) is 4.35. The molecule has 0 atom stereocenters. The summed E-state index contributed by atoms with van der Waals surface area (Å²) in [6.45, 7) is 0. The van der Waals surface area contributed by atoms with Crippen molar-refractivity contribution in [3.63, 3.8) is 0 Å². The molecule has 0 spiro atoms. The number of halogens is 3. The van der Waals surface area contributed by atoms with Crippen LogP contribution in [0.5, 0.6) is 0 Å². The molecule has 0 radical (unpaired) electrons. The molecule has 0 amide bonds. The van der Waals surface area contributed by atoms with Gasteiger partial charge in [0.25, 0.3) is 10.0 Å². The summed E-state index contributed by atoms with van der Waals surface area (Å²) in [6.07, 6.45) is 1.15. The molecule has 8 heteroatoms. The summed E-state index contributed by atoms with van der Waals surface area (Å²) in [5.74, 6) is 0. The third-order valence-corrected chi connectivity index (χ3v) is 4.91. The highest BCUT2D eigenvalue weighted by molar-refractivity contribution is 9.10. The summed E-state index contributed by atoms with van der Waals surface area (Å²) in [7, 11) is -3.76. The van der Waals surface area contributed by atoms with E-state index in [1.165, 1.54) is 6.07 Å². The number of para-hydroxylation sites is 1. The SMILES string of the molecule is O=S(=O)(Nc1ccccc1Br)c1cnc(Cl)c(Cl)c1. The Morgan fingerprint density at radius 2 is 1.89 bits per heavy atom. The number of nitrogens with zero attached hydrogens (tertiary/aromatic N) is 1. The predicted octanol–water partition coefficient (Wildman–Crippen LogP) is 3.95. The third-order valence-electron chi connectivity index (χ3n) is 2.20. The van der Waals surface area contributed by atoms with Gasteiger partial charge in [-0.2, -0.15) is 0 Å². The molecule has 1 N–H and O–H groups in total. The van der Waals surface area contributed by atoms with Crippen molar-refractivity contribution in [2.75, 3.05) is 4.72 Å². The van der Waals surface area contributed by atoms with Gasteiger partial charge in [0.15, 0.2) is 0 Å². The van der Waals surface area contributed by atoms with Crippen LogP contribution in [0.2, 0.25) is 10.2 Å². The zero-order chi connectivity index (χ0) is 14.0. The van der Waals surface area contributed by atoms with E-state index >= 15 is 0 Å². The lowest BCUT2D eigenvalue weighted by molar-refractivity contribution is 0.601. The molecule has 1 aromatic carbocycles. The van der Waals surface area contributed by atoms with Crippen molar-refractivity contribution in [2.45, 2.75) is 4.90 Å². The van der Waals surface area contributed by atoms with Crippen LogP contribution in [0, 0.1) is 0 Å². The highest BCUT2D eigenvalue weighted by Gasteiger charge is 2.17. The second-order valence-electron chi connectivity index (χ2n) is 3.53. The van der Waals surface area contributed by atoms with Crippen LogP contribution in [0.4, 0.5) is 5.69 Å². The minimum Gasteiger partial charge on any atom is -0.278 e. The Labute approximate surface area is 128 Å². The molecule has 2 aromatic rings. The van der Waals surface area contributed by atoms with Gasteiger partial charge < -0.3 is 0 Å². The van der Waals surface area contributed by atoms with Crippen LogP contribution in [0.15, 0.2) is 45.9 Å². The fourth-order valence-corrected chi connectivity index (χ4v) is 3.20. The minimum atomic E-state index is -3.76. The summed E-state index contributed by atoms with van der Waals surface area (Å²) in [5, 5.41) is 0.137. The minimum absolute atomic E-state index is 0.0570. The van der Waals surface area contributed by atoms with Gasteiger partial charge in [-0.1, -0.05) is 35.3 Å². The Bertz CT molecular complexity index is 722. The molecule has 0 fully saturated rings. The number of hydrogen-bond donors (Lipinski definition) is 1. The molecule has 0 unspecified atom stereocenters. The van der Waals surface area contributed by atoms with Gasteiger partial charge in [0.05, 0.1) is 10.7 Å². The number of rotatable bonds is 3. The van der Waals surface area contributed by atoms with E-state index in [1.54, 1.807) is 24.3 Å². The number of sulfonamides is 1. The lowest BCUT2D eigenvalue weighted by atomic mass is 10.3. The van der Waals surface area contributed by atoms with Gasteiger partial charge in [-0.05, 0) is 34.1 Å². The summed E-state index contributed by atoms with van der Waals surface area (Å²) < 4.78 is 27.4. The summed E-state index contributed by atoms with van der Waals surface area (Å²) in [4.78, 5) is 3.65.